The van der Waals surface area contributed by atoms with Crippen LogP contribution in [0.3, 0.4) is 0 Å². The lowest BCUT2D eigenvalue weighted by atomic mass is 9.77. The van der Waals surface area contributed by atoms with Gasteiger partial charge in [0.15, 0.2) is 6.10 Å². The molecule has 0 spiro atoms. The van der Waals surface area contributed by atoms with E-state index in [2.05, 4.69) is 0 Å². The predicted molar refractivity (Wildman–Crippen MR) is 115 cm³/mol. The molecule has 0 bridgehead atoms. The molecule has 1 aliphatic heterocycles. The van der Waals surface area contributed by atoms with E-state index in [0.29, 0.717) is 12.0 Å². The van der Waals surface area contributed by atoms with Crippen LogP contribution >= 0.6 is 0 Å². The Balaban J connectivity index is 2.60. The van der Waals surface area contributed by atoms with E-state index >= 15 is 0 Å². The molecule has 31 heavy (non-hydrogen) atoms. The molecule has 174 valence electrons. The molecule has 7 heteroatoms. The van der Waals surface area contributed by atoms with E-state index in [1.165, 1.54) is 13.8 Å². The third-order valence-corrected chi connectivity index (χ3v) is 6.22. The number of esters is 3. The average molecular weight is 437 g/mol. The van der Waals surface area contributed by atoms with E-state index in [-0.39, 0.29) is 12.0 Å². The highest BCUT2D eigenvalue weighted by atomic mass is 16.6. The molecule has 0 N–H and O–H groups in total. The van der Waals surface area contributed by atoms with Gasteiger partial charge in [-0.15, -0.1) is 0 Å². The van der Waals surface area contributed by atoms with Crippen molar-refractivity contribution in [3.05, 3.63) is 23.3 Å². The molecule has 2 aliphatic rings. The van der Waals surface area contributed by atoms with Crippen LogP contribution in [0.1, 0.15) is 68.2 Å². The van der Waals surface area contributed by atoms with E-state index in [0.717, 1.165) is 12.0 Å². The monoisotopic (exact) mass is 436 g/mol. The van der Waals surface area contributed by atoms with Crippen molar-refractivity contribution in [1.82, 2.24) is 0 Å². The average Bonchev–Trinajstić information content (AvgIpc) is 3.33. The van der Waals surface area contributed by atoms with Crippen LogP contribution in [0.2, 0.25) is 0 Å². The number of carbonyl (C=O) groups is 3. The number of epoxide rings is 1. The second-order valence-corrected chi connectivity index (χ2v) is 9.10. The first kappa shape index (κ1) is 25.1. The molecule has 2 rings (SSSR count). The molecular weight excluding hydrogens is 400 g/mol. The van der Waals surface area contributed by atoms with Crippen molar-refractivity contribution in [2.45, 2.75) is 98.2 Å². The molecule has 1 aliphatic carbocycles. The number of carbonyl (C=O) groups excluding carboxylic acids is 3. The van der Waals surface area contributed by atoms with Crippen molar-refractivity contribution < 1.29 is 33.3 Å². The second kappa shape index (κ2) is 9.98. The topological polar surface area (TPSA) is 91.4 Å². The Hall–Kier alpha value is -2.15. The van der Waals surface area contributed by atoms with E-state index in [9.17, 15) is 14.4 Å². The van der Waals surface area contributed by atoms with Gasteiger partial charge in [-0.05, 0) is 52.0 Å². The van der Waals surface area contributed by atoms with Gasteiger partial charge in [0.2, 0.25) is 0 Å². The van der Waals surface area contributed by atoms with E-state index in [1.807, 2.05) is 33.8 Å². The summed E-state index contributed by atoms with van der Waals surface area (Å²) in [6.45, 7) is 13.9. The fraction of sp³-hybridized carbons (Fsp3) is 0.708. The van der Waals surface area contributed by atoms with Crippen molar-refractivity contribution in [2.75, 3.05) is 0 Å². The summed E-state index contributed by atoms with van der Waals surface area (Å²) in [5.74, 6) is -1.90. The zero-order valence-corrected chi connectivity index (χ0v) is 19.9. The largest absolute Gasteiger partial charge is 0.459 e. The van der Waals surface area contributed by atoms with Crippen LogP contribution in [0, 0.1) is 11.8 Å². The highest BCUT2D eigenvalue weighted by Crippen LogP contribution is 2.48. The Morgan fingerprint density at radius 1 is 1.10 bits per heavy atom. The van der Waals surface area contributed by atoms with Gasteiger partial charge in [0, 0.05) is 25.3 Å². The van der Waals surface area contributed by atoms with Crippen LogP contribution in [0.15, 0.2) is 23.3 Å². The molecule has 0 saturated carbocycles. The lowest BCUT2D eigenvalue weighted by Gasteiger charge is -2.39. The van der Waals surface area contributed by atoms with Gasteiger partial charge in [-0.1, -0.05) is 26.0 Å². The van der Waals surface area contributed by atoms with Crippen LogP contribution in [0.5, 0.6) is 0 Å². The molecule has 0 radical (unpaired) electrons. The van der Waals surface area contributed by atoms with Gasteiger partial charge in [-0.25, -0.2) is 4.79 Å². The van der Waals surface area contributed by atoms with Gasteiger partial charge in [0.05, 0.1) is 5.60 Å². The first-order valence-corrected chi connectivity index (χ1v) is 10.9. The number of allylic oxidation sites excluding steroid dienone is 2. The fourth-order valence-corrected chi connectivity index (χ4v) is 4.33. The summed E-state index contributed by atoms with van der Waals surface area (Å²) in [7, 11) is 0. The second-order valence-electron chi connectivity index (χ2n) is 9.10. The number of rotatable bonds is 5. The Labute approximate surface area is 185 Å². The van der Waals surface area contributed by atoms with Gasteiger partial charge < -0.3 is 18.9 Å². The molecule has 0 aromatic carbocycles. The Bertz CT molecular complexity index is 766. The maximum atomic E-state index is 12.7. The molecule has 7 nitrogen and oxygen atoms in total. The smallest absolute Gasteiger partial charge is 0.334 e. The van der Waals surface area contributed by atoms with Crippen LogP contribution in [0.25, 0.3) is 0 Å². The van der Waals surface area contributed by atoms with Crippen molar-refractivity contribution in [3.8, 4) is 0 Å². The predicted octanol–water partition coefficient (Wildman–Crippen LogP) is 3.90. The van der Waals surface area contributed by atoms with Gasteiger partial charge in [-0.2, -0.15) is 0 Å². The van der Waals surface area contributed by atoms with Crippen LogP contribution in [-0.4, -0.2) is 47.9 Å². The van der Waals surface area contributed by atoms with Crippen molar-refractivity contribution in [2.24, 2.45) is 11.8 Å². The minimum Gasteiger partial charge on any atom is -0.459 e. The molecule has 1 fully saturated rings. The maximum Gasteiger partial charge on any atom is 0.334 e. The summed E-state index contributed by atoms with van der Waals surface area (Å²) in [5.41, 5.74) is 0.830. The maximum absolute atomic E-state index is 12.7. The number of ether oxygens (including phenoxy) is 4. The number of hydrogen-bond acceptors (Lipinski definition) is 7. The quantitative estimate of drug-likeness (QED) is 0.212. The summed E-state index contributed by atoms with van der Waals surface area (Å²) in [5, 5.41) is 0. The SMILES string of the molecule is C/C=C(\C)C(=O)O[C@H]1/C(C)=C/CC[C@@]2(C)O[C@H]2C(OC(C)=O)[C@@H](C(C)C)[C@@H]1OC(C)=O. The Morgan fingerprint density at radius 2 is 1.68 bits per heavy atom. The first-order chi connectivity index (χ1) is 14.4. The third kappa shape index (κ3) is 5.97. The van der Waals surface area contributed by atoms with Crippen molar-refractivity contribution in [3.63, 3.8) is 0 Å². The van der Waals surface area contributed by atoms with Crippen LogP contribution < -0.4 is 0 Å². The molecule has 1 heterocycles. The fourth-order valence-electron chi connectivity index (χ4n) is 4.33. The molecule has 0 aromatic heterocycles. The van der Waals surface area contributed by atoms with E-state index in [4.69, 9.17) is 18.9 Å². The number of fused-ring (bicyclic) bond motifs is 1. The Kier molecular flexibility index (Phi) is 8.09. The highest BCUT2D eigenvalue weighted by Gasteiger charge is 2.61. The van der Waals surface area contributed by atoms with Crippen molar-refractivity contribution in [1.29, 1.82) is 0 Å². The molecule has 6 atom stereocenters. The summed E-state index contributed by atoms with van der Waals surface area (Å²) in [6.07, 6.45) is 2.52. The lowest BCUT2D eigenvalue weighted by molar-refractivity contribution is -0.178. The van der Waals surface area contributed by atoms with Gasteiger partial charge in [0.1, 0.15) is 18.3 Å². The summed E-state index contributed by atoms with van der Waals surface area (Å²) < 4.78 is 23.4. The zero-order valence-electron chi connectivity index (χ0n) is 19.9. The lowest BCUT2D eigenvalue weighted by Crippen LogP contribution is -2.51. The van der Waals surface area contributed by atoms with Gasteiger partial charge >= 0.3 is 17.9 Å². The molecular formula is C24H36O7. The van der Waals surface area contributed by atoms with Crippen molar-refractivity contribution >= 4 is 17.9 Å². The summed E-state index contributed by atoms with van der Waals surface area (Å²) in [4.78, 5) is 36.8. The summed E-state index contributed by atoms with van der Waals surface area (Å²) in [6, 6.07) is 0. The molecule has 0 amide bonds. The minimum atomic E-state index is -0.835. The minimum absolute atomic E-state index is 0.0570. The van der Waals surface area contributed by atoms with Gasteiger partial charge in [-0.3, -0.25) is 9.59 Å². The zero-order chi connectivity index (χ0) is 23.5. The third-order valence-electron chi connectivity index (χ3n) is 6.22. The molecule has 1 unspecified atom stereocenters. The normalized spacial score (nSPS) is 35.3. The van der Waals surface area contributed by atoms with E-state index in [1.54, 1.807) is 19.9 Å². The van der Waals surface area contributed by atoms with Crippen LogP contribution in [-0.2, 0) is 33.3 Å². The summed E-state index contributed by atoms with van der Waals surface area (Å²) >= 11 is 0. The van der Waals surface area contributed by atoms with E-state index < -0.39 is 47.7 Å². The Morgan fingerprint density at radius 3 is 2.19 bits per heavy atom. The van der Waals surface area contributed by atoms with Gasteiger partial charge in [0.25, 0.3) is 0 Å². The van der Waals surface area contributed by atoms with Crippen LogP contribution in [0.4, 0.5) is 0 Å². The number of hydrogen-bond donors (Lipinski definition) is 0. The standard InChI is InChI=1S/C24H36O7/c1-9-14(4)23(27)30-19-15(5)11-10-12-24(8)22(31-24)21(29-17(7)26)18(13(2)3)20(19)28-16(6)25/h9,11,13,18-22H,10,12H2,1-8H3/b14-9+,15-11+/t18-,19-,20-,21?,22-,24+/m0/s1. The molecule has 1 saturated heterocycles. The molecule has 0 aromatic rings. The first-order valence-electron chi connectivity index (χ1n) is 10.9. The highest BCUT2D eigenvalue weighted by molar-refractivity contribution is 5.88.